The van der Waals surface area contributed by atoms with Crippen molar-refractivity contribution in [1.82, 2.24) is 19.9 Å². The largest absolute Gasteiger partial charge is 0.377 e. The third-order valence-corrected chi connectivity index (χ3v) is 7.58. The summed E-state index contributed by atoms with van der Waals surface area (Å²) in [5, 5.41) is 4.43. The molecule has 1 atom stereocenters. The summed E-state index contributed by atoms with van der Waals surface area (Å²) in [6, 6.07) is 13.7. The first-order valence-electron chi connectivity index (χ1n) is 12.8. The number of anilines is 1. The molecule has 1 saturated carbocycles. The Morgan fingerprint density at radius 1 is 1.08 bits per heavy atom. The molecule has 7 heteroatoms. The van der Waals surface area contributed by atoms with Gasteiger partial charge in [-0.2, -0.15) is 0 Å². The molecule has 0 spiro atoms. The van der Waals surface area contributed by atoms with Crippen molar-refractivity contribution in [2.45, 2.75) is 38.0 Å². The molecule has 1 saturated heterocycles. The van der Waals surface area contributed by atoms with Gasteiger partial charge in [-0.1, -0.05) is 23.7 Å². The van der Waals surface area contributed by atoms with Crippen LogP contribution < -0.4 is 5.32 Å². The Labute approximate surface area is 221 Å². The summed E-state index contributed by atoms with van der Waals surface area (Å²) in [4.78, 5) is 28.5. The highest BCUT2D eigenvalue weighted by Gasteiger charge is 2.26. The second-order valence-electron chi connectivity index (χ2n) is 9.89. The van der Waals surface area contributed by atoms with Crippen LogP contribution in [0.25, 0.3) is 22.0 Å². The first-order valence-corrected chi connectivity index (χ1v) is 13.1. The number of carbonyl (C=O) groups is 1. The third-order valence-electron chi connectivity index (χ3n) is 7.27. The summed E-state index contributed by atoms with van der Waals surface area (Å²) in [7, 11) is 0. The Bertz CT molecular complexity index is 1510. The molecule has 2 aliphatic rings. The lowest BCUT2D eigenvalue weighted by Gasteiger charge is -2.17. The van der Waals surface area contributed by atoms with Crippen molar-refractivity contribution >= 4 is 34.2 Å². The maximum Gasteiger partial charge on any atom is 0.256 e. The van der Waals surface area contributed by atoms with Crippen LogP contribution in [0.2, 0.25) is 5.02 Å². The number of carbonyl (C=O) groups excluding carboxylic acids is 1. The predicted molar refractivity (Wildman–Crippen MR) is 148 cm³/mol. The summed E-state index contributed by atoms with van der Waals surface area (Å²) in [6.07, 6.45) is 12.9. The Kier molecular flexibility index (Phi) is 6.35. The number of allylic oxidation sites excluding steroid dienone is 1. The van der Waals surface area contributed by atoms with Crippen LogP contribution in [0.15, 0.2) is 73.5 Å². The number of rotatable bonds is 6. The molecule has 1 amide bonds. The molecule has 37 heavy (non-hydrogen) atoms. The van der Waals surface area contributed by atoms with Crippen molar-refractivity contribution in [3.63, 3.8) is 0 Å². The molecule has 1 aliphatic carbocycles. The van der Waals surface area contributed by atoms with Crippen molar-refractivity contribution < 1.29 is 4.79 Å². The first-order chi connectivity index (χ1) is 18.1. The zero-order chi connectivity index (χ0) is 25.4. The standard InChI is InChI=1S/C30H28ClN5O/c1-2-10-36-11-8-22(17-36)26-13-23(12-24-16-32-18-34-29(24)26)25-6-5-21(14-27(25)31)30(37)35-28-15-20(7-9-33-28)19-3-4-19/h2,5-7,9-10,12-16,18-19,22H,3-4,8,11,17H2,1H3,(H,33,35,37). The smallest absolute Gasteiger partial charge is 0.256 e. The maximum atomic E-state index is 13.0. The van der Waals surface area contributed by atoms with Crippen LogP contribution in [-0.4, -0.2) is 38.8 Å². The molecule has 2 aromatic carbocycles. The van der Waals surface area contributed by atoms with Crippen molar-refractivity contribution in [1.29, 1.82) is 0 Å². The monoisotopic (exact) mass is 509 g/mol. The average Bonchev–Trinajstić information content (AvgIpc) is 3.67. The Morgan fingerprint density at radius 3 is 2.78 bits per heavy atom. The number of aromatic nitrogens is 3. The molecule has 1 N–H and O–H groups in total. The summed E-state index contributed by atoms with van der Waals surface area (Å²) < 4.78 is 0. The molecule has 1 aliphatic heterocycles. The molecule has 6 nitrogen and oxygen atoms in total. The van der Waals surface area contributed by atoms with E-state index in [0.29, 0.717) is 28.2 Å². The van der Waals surface area contributed by atoms with Crippen LogP contribution >= 0.6 is 11.6 Å². The van der Waals surface area contributed by atoms with Gasteiger partial charge in [-0.3, -0.25) is 4.79 Å². The van der Waals surface area contributed by atoms with Crippen molar-refractivity contribution in [2.75, 3.05) is 18.4 Å². The van der Waals surface area contributed by atoms with Gasteiger partial charge in [-0.05, 0) is 91.4 Å². The van der Waals surface area contributed by atoms with E-state index in [1.807, 2.05) is 37.4 Å². The fourth-order valence-electron chi connectivity index (χ4n) is 5.25. The summed E-state index contributed by atoms with van der Waals surface area (Å²) in [5.74, 6) is 1.31. The number of hydrogen-bond acceptors (Lipinski definition) is 5. The Balaban J connectivity index is 1.29. The van der Waals surface area contributed by atoms with E-state index in [1.54, 1.807) is 18.6 Å². The zero-order valence-electron chi connectivity index (χ0n) is 20.7. The quantitative estimate of drug-likeness (QED) is 0.309. The van der Waals surface area contributed by atoms with E-state index < -0.39 is 0 Å². The lowest BCUT2D eigenvalue weighted by Crippen LogP contribution is -2.13. The summed E-state index contributed by atoms with van der Waals surface area (Å²) in [6.45, 7) is 4.02. The minimum atomic E-state index is -0.225. The van der Waals surface area contributed by atoms with E-state index in [1.165, 1.54) is 24.0 Å². The number of nitrogens with one attached hydrogen (secondary N) is 1. The van der Waals surface area contributed by atoms with E-state index in [2.05, 4.69) is 49.6 Å². The van der Waals surface area contributed by atoms with Gasteiger partial charge in [0.1, 0.15) is 12.1 Å². The highest BCUT2D eigenvalue weighted by atomic mass is 35.5. The number of amides is 1. The van der Waals surface area contributed by atoms with Gasteiger partial charge in [-0.25, -0.2) is 15.0 Å². The minimum Gasteiger partial charge on any atom is -0.377 e. The number of halogens is 1. The van der Waals surface area contributed by atoms with Crippen LogP contribution in [0, 0.1) is 0 Å². The van der Waals surface area contributed by atoms with E-state index >= 15 is 0 Å². The highest BCUT2D eigenvalue weighted by Crippen LogP contribution is 2.40. The zero-order valence-corrected chi connectivity index (χ0v) is 21.4. The van der Waals surface area contributed by atoms with Gasteiger partial charge in [0, 0.05) is 52.9 Å². The Morgan fingerprint density at radius 2 is 1.97 bits per heavy atom. The molecule has 2 fully saturated rings. The SMILES string of the molecule is CC=CN1CCC(c2cc(-c3ccc(C(=O)Nc4cc(C5CC5)ccn4)cc3Cl)cc3cncnc23)C1. The van der Waals surface area contributed by atoms with Gasteiger partial charge in [0.2, 0.25) is 0 Å². The van der Waals surface area contributed by atoms with Gasteiger partial charge in [0.25, 0.3) is 5.91 Å². The summed E-state index contributed by atoms with van der Waals surface area (Å²) in [5.41, 5.74) is 5.79. The number of hydrogen-bond donors (Lipinski definition) is 1. The van der Waals surface area contributed by atoms with Gasteiger partial charge >= 0.3 is 0 Å². The molecule has 2 aromatic heterocycles. The molecule has 186 valence electrons. The number of fused-ring (bicyclic) bond motifs is 1. The predicted octanol–water partition coefficient (Wildman–Crippen LogP) is 6.80. The lowest BCUT2D eigenvalue weighted by molar-refractivity contribution is 0.102. The van der Waals surface area contributed by atoms with Gasteiger partial charge in [0.05, 0.1) is 5.52 Å². The fraction of sp³-hybridized carbons (Fsp3) is 0.267. The molecule has 6 rings (SSSR count). The maximum absolute atomic E-state index is 13.0. The molecular formula is C30H28ClN5O. The molecular weight excluding hydrogens is 482 g/mol. The average molecular weight is 510 g/mol. The van der Waals surface area contributed by atoms with Crippen molar-refractivity contribution in [2.24, 2.45) is 0 Å². The van der Waals surface area contributed by atoms with Crippen molar-refractivity contribution in [3.05, 3.63) is 95.2 Å². The van der Waals surface area contributed by atoms with Crippen LogP contribution in [0.3, 0.4) is 0 Å². The van der Waals surface area contributed by atoms with Crippen LogP contribution in [-0.2, 0) is 0 Å². The van der Waals surface area contributed by atoms with Crippen molar-refractivity contribution in [3.8, 4) is 11.1 Å². The second-order valence-corrected chi connectivity index (χ2v) is 10.3. The van der Waals surface area contributed by atoms with Gasteiger partial charge in [-0.15, -0.1) is 0 Å². The Hall–Kier alpha value is -3.77. The molecule has 4 aromatic rings. The normalized spacial score (nSPS) is 17.6. The van der Waals surface area contributed by atoms with Crippen LogP contribution in [0.4, 0.5) is 5.82 Å². The minimum absolute atomic E-state index is 0.225. The topological polar surface area (TPSA) is 71.0 Å². The third kappa shape index (κ3) is 4.94. The second kappa shape index (κ2) is 9.94. The molecule has 0 radical (unpaired) electrons. The molecule has 3 heterocycles. The lowest BCUT2D eigenvalue weighted by atomic mass is 9.91. The highest BCUT2D eigenvalue weighted by molar-refractivity contribution is 6.33. The fourth-order valence-corrected chi connectivity index (χ4v) is 5.54. The first kappa shape index (κ1) is 23.6. The number of benzene rings is 2. The van der Waals surface area contributed by atoms with E-state index in [4.69, 9.17) is 11.6 Å². The van der Waals surface area contributed by atoms with E-state index in [-0.39, 0.29) is 5.91 Å². The number of nitrogens with zero attached hydrogens (tertiary/aromatic N) is 4. The summed E-state index contributed by atoms with van der Waals surface area (Å²) >= 11 is 6.77. The van der Waals surface area contributed by atoms with E-state index in [0.717, 1.165) is 41.5 Å². The van der Waals surface area contributed by atoms with Crippen LogP contribution in [0.5, 0.6) is 0 Å². The number of likely N-dealkylation sites (tertiary alicyclic amines) is 1. The van der Waals surface area contributed by atoms with Gasteiger partial charge in [0.15, 0.2) is 0 Å². The van der Waals surface area contributed by atoms with Gasteiger partial charge < -0.3 is 10.2 Å². The molecule has 0 bridgehead atoms. The number of pyridine rings is 1. The van der Waals surface area contributed by atoms with Crippen LogP contribution in [0.1, 0.15) is 59.5 Å². The van der Waals surface area contributed by atoms with E-state index in [9.17, 15) is 4.79 Å². The molecule has 1 unspecified atom stereocenters.